The maximum Gasteiger partial charge on any atom is 0.261 e. The Labute approximate surface area is 196 Å². The highest BCUT2D eigenvalue weighted by Gasteiger charge is 2.26. The van der Waals surface area contributed by atoms with Gasteiger partial charge in [-0.25, -0.2) is 8.42 Å². The van der Waals surface area contributed by atoms with E-state index >= 15 is 0 Å². The van der Waals surface area contributed by atoms with Gasteiger partial charge < -0.3 is 19.7 Å². The predicted octanol–water partition coefficient (Wildman–Crippen LogP) is 2.89. The molecule has 0 fully saturated rings. The van der Waals surface area contributed by atoms with Crippen LogP contribution in [0.15, 0.2) is 47.4 Å². The molecule has 3 rings (SSSR count). The van der Waals surface area contributed by atoms with Crippen molar-refractivity contribution in [1.29, 1.82) is 0 Å². The first-order chi connectivity index (χ1) is 15.6. The van der Waals surface area contributed by atoms with Crippen LogP contribution in [0.4, 0.5) is 5.69 Å². The predicted molar refractivity (Wildman–Crippen MR) is 128 cm³/mol. The Hall–Kier alpha value is -2.62. The van der Waals surface area contributed by atoms with Gasteiger partial charge in [0.25, 0.3) is 15.9 Å². The van der Waals surface area contributed by atoms with E-state index in [0.717, 1.165) is 5.56 Å². The summed E-state index contributed by atoms with van der Waals surface area (Å²) in [5.41, 5.74) is 1.53. The van der Waals surface area contributed by atoms with E-state index in [9.17, 15) is 13.2 Å². The zero-order valence-electron chi connectivity index (χ0n) is 19.8. The highest BCUT2D eigenvalue weighted by atomic mass is 32.2. The molecule has 2 aromatic rings. The number of fused-ring (bicyclic) bond motifs is 1. The maximum absolute atomic E-state index is 13.2. The Kier molecular flexibility index (Phi) is 7.99. The Bertz CT molecular complexity index is 1090. The highest BCUT2D eigenvalue weighted by Crippen LogP contribution is 2.27. The molecule has 0 unspecified atom stereocenters. The lowest BCUT2D eigenvalue weighted by atomic mass is 10.0. The normalized spacial score (nSPS) is 22.5. The fraction of sp³-hybridized carbons (Fsp3) is 0.458. The van der Waals surface area contributed by atoms with E-state index in [1.165, 1.54) is 0 Å². The van der Waals surface area contributed by atoms with Gasteiger partial charge in [-0.2, -0.15) is 0 Å². The zero-order valence-corrected chi connectivity index (χ0v) is 20.6. The smallest absolute Gasteiger partial charge is 0.261 e. The summed E-state index contributed by atoms with van der Waals surface area (Å²) in [5.74, 6) is 0.311. The largest absolute Gasteiger partial charge is 0.491 e. The zero-order chi connectivity index (χ0) is 24.2. The Morgan fingerprint density at radius 3 is 2.64 bits per heavy atom. The van der Waals surface area contributed by atoms with Gasteiger partial charge in [0.2, 0.25) is 0 Å². The third-order valence-electron chi connectivity index (χ3n) is 5.78. The van der Waals surface area contributed by atoms with E-state index in [1.54, 1.807) is 55.5 Å². The first-order valence-electron chi connectivity index (χ1n) is 11.0. The van der Waals surface area contributed by atoms with Crippen LogP contribution in [0.2, 0.25) is 0 Å². The van der Waals surface area contributed by atoms with Crippen molar-refractivity contribution in [2.45, 2.75) is 37.8 Å². The molecule has 0 aliphatic carbocycles. The molecular formula is C24H33N3O5S. The van der Waals surface area contributed by atoms with Crippen LogP contribution >= 0.6 is 0 Å². The molecule has 2 N–H and O–H groups in total. The molecule has 1 aliphatic rings. The molecule has 8 nitrogen and oxygen atoms in total. The quantitative estimate of drug-likeness (QED) is 0.706. The van der Waals surface area contributed by atoms with Gasteiger partial charge in [0.15, 0.2) is 0 Å². The highest BCUT2D eigenvalue weighted by molar-refractivity contribution is 7.92. The number of hydrogen-bond acceptors (Lipinski definition) is 6. The number of rotatable bonds is 4. The van der Waals surface area contributed by atoms with Crippen LogP contribution in [0.5, 0.6) is 5.75 Å². The number of anilines is 1. The van der Waals surface area contributed by atoms with Gasteiger partial charge in [0.1, 0.15) is 12.4 Å². The lowest BCUT2D eigenvalue weighted by molar-refractivity contribution is 0.0281. The van der Waals surface area contributed by atoms with Crippen LogP contribution in [0.3, 0.4) is 0 Å². The number of nitrogens with one attached hydrogen (secondary N) is 2. The van der Waals surface area contributed by atoms with E-state index in [4.69, 9.17) is 9.47 Å². The number of amides is 1. The van der Waals surface area contributed by atoms with E-state index in [1.807, 2.05) is 19.9 Å². The number of aryl methyl sites for hydroxylation is 1. The first-order valence-corrected chi connectivity index (χ1v) is 12.5. The number of methoxy groups -OCH3 is 1. The van der Waals surface area contributed by atoms with Gasteiger partial charge in [-0.3, -0.25) is 9.52 Å². The van der Waals surface area contributed by atoms with Crippen LogP contribution < -0.4 is 14.8 Å². The molecule has 1 amide bonds. The van der Waals surface area contributed by atoms with Gasteiger partial charge in [-0.15, -0.1) is 0 Å². The van der Waals surface area contributed by atoms with Gasteiger partial charge in [-0.05, 0) is 49.6 Å². The second-order valence-electron chi connectivity index (χ2n) is 8.69. The minimum Gasteiger partial charge on any atom is -0.491 e. The molecule has 1 heterocycles. The van der Waals surface area contributed by atoms with Crippen molar-refractivity contribution in [2.24, 2.45) is 5.92 Å². The van der Waals surface area contributed by atoms with Crippen LogP contribution in [0.1, 0.15) is 29.8 Å². The monoisotopic (exact) mass is 475 g/mol. The number of hydrogen-bond donors (Lipinski definition) is 2. The molecule has 9 heteroatoms. The number of likely N-dealkylation sites (N-methyl/N-ethyl adjacent to an activating group) is 1. The maximum atomic E-state index is 13.2. The van der Waals surface area contributed by atoms with Crippen molar-refractivity contribution in [3.63, 3.8) is 0 Å². The lowest BCUT2D eigenvalue weighted by Gasteiger charge is -2.30. The molecule has 2 aromatic carbocycles. The van der Waals surface area contributed by atoms with Crippen molar-refractivity contribution in [3.05, 3.63) is 53.6 Å². The average molecular weight is 476 g/mol. The molecule has 0 saturated heterocycles. The van der Waals surface area contributed by atoms with E-state index in [-0.39, 0.29) is 28.9 Å². The van der Waals surface area contributed by atoms with Crippen molar-refractivity contribution < 1.29 is 22.7 Å². The molecule has 33 heavy (non-hydrogen) atoms. The summed E-state index contributed by atoms with van der Waals surface area (Å²) in [6.07, 6.45) is -0.122. The first kappa shape index (κ1) is 25.0. The molecule has 1 aliphatic heterocycles. The third kappa shape index (κ3) is 6.25. The number of carbonyl (C=O) groups is 1. The van der Waals surface area contributed by atoms with Gasteiger partial charge >= 0.3 is 0 Å². The molecule has 0 radical (unpaired) electrons. The van der Waals surface area contributed by atoms with Crippen molar-refractivity contribution in [1.82, 2.24) is 10.2 Å². The molecule has 3 atom stereocenters. The van der Waals surface area contributed by atoms with E-state index in [0.29, 0.717) is 36.7 Å². The summed E-state index contributed by atoms with van der Waals surface area (Å²) in [7, 11) is -0.410. The summed E-state index contributed by atoms with van der Waals surface area (Å²) >= 11 is 0. The number of nitrogens with zero attached hydrogens (tertiary/aromatic N) is 1. The summed E-state index contributed by atoms with van der Waals surface area (Å²) in [5, 5.41) is 3.43. The van der Waals surface area contributed by atoms with Crippen molar-refractivity contribution in [3.8, 4) is 5.75 Å². The molecule has 180 valence electrons. The molecular weight excluding hydrogens is 442 g/mol. The van der Waals surface area contributed by atoms with Crippen LogP contribution in [-0.4, -0.2) is 65.2 Å². The van der Waals surface area contributed by atoms with E-state index < -0.39 is 10.0 Å². The average Bonchev–Trinajstić information content (AvgIpc) is 2.78. The Balaban J connectivity index is 1.92. The number of benzene rings is 2. The number of sulfonamides is 1. The minimum atomic E-state index is -3.78. The Morgan fingerprint density at radius 1 is 1.18 bits per heavy atom. The summed E-state index contributed by atoms with van der Waals surface area (Å²) < 4.78 is 39.9. The SMILES string of the molecule is CO[C@@H]1CN(C)C(=O)c2ccc(NS(=O)(=O)c3cccc(C)c3)cc2OC[C@@H](C)NC[C@@H]1C. The fourth-order valence-corrected chi connectivity index (χ4v) is 4.87. The topological polar surface area (TPSA) is 97.0 Å². The van der Waals surface area contributed by atoms with Gasteiger partial charge in [0.05, 0.1) is 22.3 Å². The van der Waals surface area contributed by atoms with Crippen LogP contribution in [0.25, 0.3) is 0 Å². The molecule has 0 bridgehead atoms. The second kappa shape index (κ2) is 10.5. The van der Waals surface area contributed by atoms with Gasteiger partial charge in [0, 0.05) is 39.4 Å². The van der Waals surface area contributed by atoms with Crippen LogP contribution in [-0.2, 0) is 14.8 Å². The summed E-state index contributed by atoms with van der Waals surface area (Å²) in [6.45, 7) is 7.38. The summed E-state index contributed by atoms with van der Waals surface area (Å²) in [6, 6.07) is 11.4. The fourth-order valence-electron chi connectivity index (χ4n) is 3.72. The molecule has 0 saturated carbocycles. The Morgan fingerprint density at radius 2 is 1.94 bits per heavy atom. The summed E-state index contributed by atoms with van der Waals surface area (Å²) in [4.78, 5) is 15.0. The number of ether oxygens (including phenoxy) is 2. The second-order valence-corrected chi connectivity index (χ2v) is 10.4. The third-order valence-corrected chi connectivity index (χ3v) is 7.16. The molecule has 0 spiro atoms. The van der Waals surface area contributed by atoms with E-state index in [2.05, 4.69) is 17.0 Å². The lowest BCUT2D eigenvalue weighted by Crippen LogP contribution is -2.44. The van der Waals surface area contributed by atoms with Gasteiger partial charge in [-0.1, -0.05) is 19.1 Å². The van der Waals surface area contributed by atoms with Crippen molar-refractivity contribution in [2.75, 3.05) is 38.6 Å². The standard InChI is InChI=1S/C24H33N3O5S/c1-16-7-6-8-20(11-16)33(29,30)26-19-9-10-21-22(12-19)32-15-18(3)25-13-17(2)23(31-5)14-27(4)24(21)28/h6-12,17-18,23,25-26H,13-15H2,1-5H3/t17-,18+,23+/m0/s1. The minimum absolute atomic E-state index is 0.0257. The van der Waals surface area contributed by atoms with Crippen molar-refractivity contribution >= 4 is 21.6 Å². The van der Waals surface area contributed by atoms with Crippen LogP contribution in [0, 0.1) is 12.8 Å². The number of carbonyl (C=O) groups excluding carboxylic acids is 1. The molecule has 0 aromatic heterocycles.